The highest BCUT2D eigenvalue weighted by Crippen LogP contribution is 2.39. The molecule has 0 saturated carbocycles. The van der Waals surface area contributed by atoms with E-state index < -0.39 is 5.97 Å². The first-order valence-electron chi connectivity index (χ1n) is 7.09. The van der Waals surface area contributed by atoms with Crippen molar-refractivity contribution < 1.29 is 9.90 Å². The van der Waals surface area contributed by atoms with E-state index in [4.69, 9.17) is 5.11 Å². The van der Waals surface area contributed by atoms with Gasteiger partial charge < -0.3 is 10.1 Å². The molecule has 0 spiro atoms. The quantitative estimate of drug-likeness (QED) is 0.691. The Morgan fingerprint density at radius 2 is 1.91 bits per heavy atom. The Bertz CT molecular complexity index is 837. The number of fused-ring (bicyclic) bond motifs is 1. The number of hydrogen-bond donors (Lipinski definition) is 2. The lowest BCUT2D eigenvalue weighted by atomic mass is 10.1. The minimum atomic E-state index is -0.803. The van der Waals surface area contributed by atoms with Gasteiger partial charge in [0.1, 0.15) is 0 Å². The molecule has 0 bridgehead atoms. The molecule has 112 valence electrons. The topological polar surface area (TPSA) is 53.1 Å². The Hall–Kier alpha value is -2.20. The molecule has 22 heavy (non-hydrogen) atoms. The molecule has 0 saturated heterocycles. The third-order valence-corrected chi connectivity index (χ3v) is 4.71. The standard InChI is InChI=1S/C18H17NO2S/c1-11-8-12(2)16-14(9-11)18(22-10-15(20)21)17(19-16)13-6-4-3-5-7-13/h3-9,19H,10H2,1-2H3,(H,20,21). The van der Waals surface area contributed by atoms with Crippen LogP contribution in [0.2, 0.25) is 0 Å². The minimum Gasteiger partial charge on any atom is -0.481 e. The summed E-state index contributed by atoms with van der Waals surface area (Å²) in [6.07, 6.45) is 0. The summed E-state index contributed by atoms with van der Waals surface area (Å²) in [5.74, 6) is -0.748. The maximum atomic E-state index is 11.0. The molecule has 3 nitrogen and oxygen atoms in total. The van der Waals surface area contributed by atoms with Crippen LogP contribution in [0.15, 0.2) is 47.4 Å². The van der Waals surface area contributed by atoms with Crippen molar-refractivity contribution in [1.82, 2.24) is 4.98 Å². The third-order valence-electron chi connectivity index (χ3n) is 3.60. The number of carbonyl (C=O) groups is 1. The van der Waals surface area contributed by atoms with Gasteiger partial charge in [-0.15, -0.1) is 11.8 Å². The first-order chi connectivity index (χ1) is 10.6. The summed E-state index contributed by atoms with van der Waals surface area (Å²) in [5, 5.41) is 10.1. The van der Waals surface area contributed by atoms with Gasteiger partial charge in [-0.2, -0.15) is 0 Å². The summed E-state index contributed by atoms with van der Waals surface area (Å²) in [6.45, 7) is 4.14. The zero-order valence-corrected chi connectivity index (χ0v) is 13.3. The predicted octanol–water partition coefficient (Wildman–Crippen LogP) is 4.63. The molecule has 0 atom stereocenters. The number of benzene rings is 2. The van der Waals surface area contributed by atoms with Gasteiger partial charge in [-0.1, -0.05) is 42.0 Å². The molecule has 4 heteroatoms. The zero-order valence-electron chi connectivity index (χ0n) is 12.5. The lowest BCUT2D eigenvalue weighted by molar-refractivity contribution is -0.133. The molecule has 0 aliphatic heterocycles. The van der Waals surface area contributed by atoms with Gasteiger partial charge in [0, 0.05) is 15.8 Å². The lowest BCUT2D eigenvalue weighted by Gasteiger charge is -2.04. The molecule has 2 N–H and O–H groups in total. The van der Waals surface area contributed by atoms with Gasteiger partial charge in [0.25, 0.3) is 0 Å². The highest BCUT2D eigenvalue weighted by Gasteiger charge is 2.16. The lowest BCUT2D eigenvalue weighted by Crippen LogP contribution is -1.97. The zero-order chi connectivity index (χ0) is 15.7. The predicted molar refractivity (Wildman–Crippen MR) is 91.6 cm³/mol. The number of thioether (sulfide) groups is 1. The number of aryl methyl sites for hydroxylation is 2. The van der Waals surface area contributed by atoms with Crippen molar-refractivity contribution in [2.45, 2.75) is 18.7 Å². The monoisotopic (exact) mass is 311 g/mol. The van der Waals surface area contributed by atoms with Crippen LogP contribution < -0.4 is 0 Å². The SMILES string of the molecule is Cc1cc(C)c2[nH]c(-c3ccccc3)c(SCC(=O)O)c2c1. The Morgan fingerprint density at radius 1 is 1.18 bits per heavy atom. The Morgan fingerprint density at radius 3 is 2.59 bits per heavy atom. The number of aromatic amines is 1. The maximum Gasteiger partial charge on any atom is 0.313 e. The number of H-pyrrole nitrogens is 1. The van der Waals surface area contributed by atoms with Crippen LogP contribution in [-0.2, 0) is 4.79 Å². The average molecular weight is 311 g/mol. The normalized spacial score (nSPS) is 11.0. The van der Waals surface area contributed by atoms with Gasteiger partial charge >= 0.3 is 5.97 Å². The van der Waals surface area contributed by atoms with Gasteiger partial charge in [-0.3, -0.25) is 4.79 Å². The van der Waals surface area contributed by atoms with Crippen LogP contribution in [0.3, 0.4) is 0 Å². The first-order valence-corrected chi connectivity index (χ1v) is 8.08. The second-order valence-corrected chi connectivity index (χ2v) is 6.37. The number of nitrogens with one attached hydrogen (secondary N) is 1. The number of carboxylic acid groups (broad SMARTS) is 1. The average Bonchev–Trinajstić information content (AvgIpc) is 2.85. The second-order valence-electron chi connectivity index (χ2n) is 5.38. The van der Waals surface area contributed by atoms with E-state index in [9.17, 15) is 4.79 Å². The third kappa shape index (κ3) is 2.74. The van der Waals surface area contributed by atoms with E-state index in [0.717, 1.165) is 27.1 Å². The van der Waals surface area contributed by atoms with E-state index in [1.807, 2.05) is 30.3 Å². The molecule has 2 aromatic carbocycles. The summed E-state index contributed by atoms with van der Waals surface area (Å²) in [6, 6.07) is 14.3. The van der Waals surface area contributed by atoms with E-state index in [0.29, 0.717) is 0 Å². The van der Waals surface area contributed by atoms with Crippen molar-refractivity contribution in [3.05, 3.63) is 53.6 Å². The van der Waals surface area contributed by atoms with E-state index in [2.05, 4.69) is 31.0 Å². The van der Waals surface area contributed by atoms with Gasteiger partial charge in [0.2, 0.25) is 0 Å². The smallest absolute Gasteiger partial charge is 0.313 e. The van der Waals surface area contributed by atoms with E-state index in [-0.39, 0.29) is 5.75 Å². The Labute approximate surface area is 133 Å². The molecule has 0 aliphatic carbocycles. The maximum absolute atomic E-state index is 11.0. The van der Waals surface area contributed by atoms with Crippen molar-refractivity contribution in [2.75, 3.05) is 5.75 Å². The molecule has 0 unspecified atom stereocenters. The number of aliphatic carboxylic acids is 1. The van der Waals surface area contributed by atoms with Gasteiger partial charge in [0.05, 0.1) is 11.4 Å². The fourth-order valence-electron chi connectivity index (χ4n) is 2.72. The van der Waals surface area contributed by atoms with Crippen molar-refractivity contribution in [3.63, 3.8) is 0 Å². The van der Waals surface area contributed by atoms with E-state index >= 15 is 0 Å². The van der Waals surface area contributed by atoms with Gasteiger partial charge in [-0.05, 0) is 31.0 Å². The van der Waals surface area contributed by atoms with E-state index in [1.165, 1.54) is 22.9 Å². The van der Waals surface area contributed by atoms with Crippen molar-refractivity contribution in [1.29, 1.82) is 0 Å². The molecule has 3 aromatic rings. The molecule has 3 rings (SSSR count). The van der Waals surface area contributed by atoms with Crippen LogP contribution in [0.25, 0.3) is 22.2 Å². The highest BCUT2D eigenvalue weighted by atomic mass is 32.2. The molecule has 0 fully saturated rings. The molecular weight excluding hydrogens is 294 g/mol. The summed E-state index contributed by atoms with van der Waals surface area (Å²) in [5.41, 5.74) is 5.51. The van der Waals surface area contributed by atoms with Crippen molar-refractivity contribution >= 4 is 28.6 Å². The van der Waals surface area contributed by atoms with Crippen molar-refractivity contribution in [2.24, 2.45) is 0 Å². The second kappa shape index (κ2) is 5.89. The summed E-state index contributed by atoms with van der Waals surface area (Å²) < 4.78 is 0. The molecule has 1 heterocycles. The number of hydrogen-bond acceptors (Lipinski definition) is 2. The number of aromatic nitrogens is 1. The van der Waals surface area contributed by atoms with Crippen LogP contribution in [-0.4, -0.2) is 21.8 Å². The van der Waals surface area contributed by atoms with Crippen LogP contribution in [0.4, 0.5) is 0 Å². The molecular formula is C18H17NO2S. The minimum absolute atomic E-state index is 0.0553. The van der Waals surface area contributed by atoms with Gasteiger partial charge in [-0.25, -0.2) is 0 Å². The van der Waals surface area contributed by atoms with E-state index in [1.54, 1.807) is 0 Å². The Balaban J connectivity index is 2.23. The number of carboxylic acids is 1. The summed E-state index contributed by atoms with van der Waals surface area (Å²) in [4.78, 5) is 15.5. The fourth-order valence-corrected chi connectivity index (χ4v) is 3.62. The number of rotatable bonds is 4. The summed E-state index contributed by atoms with van der Waals surface area (Å²) >= 11 is 1.37. The first kappa shape index (κ1) is 14.7. The highest BCUT2D eigenvalue weighted by molar-refractivity contribution is 8.00. The molecule has 1 aromatic heterocycles. The molecule has 0 aliphatic rings. The van der Waals surface area contributed by atoms with Crippen LogP contribution in [0.1, 0.15) is 11.1 Å². The van der Waals surface area contributed by atoms with Gasteiger partial charge in [0.15, 0.2) is 0 Å². The van der Waals surface area contributed by atoms with Crippen LogP contribution in [0.5, 0.6) is 0 Å². The van der Waals surface area contributed by atoms with Crippen molar-refractivity contribution in [3.8, 4) is 11.3 Å². The van der Waals surface area contributed by atoms with Crippen LogP contribution in [0, 0.1) is 13.8 Å². The molecule has 0 radical (unpaired) electrons. The Kier molecular flexibility index (Phi) is 3.94. The summed E-state index contributed by atoms with van der Waals surface area (Å²) in [7, 11) is 0. The molecule has 0 amide bonds. The van der Waals surface area contributed by atoms with Crippen LogP contribution >= 0.6 is 11.8 Å². The fraction of sp³-hybridized carbons (Fsp3) is 0.167. The largest absolute Gasteiger partial charge is 0.481 e.